The van der Waals surface area contributed by atoms with Crippen molar-refractivity contribution in [3.05, 3.63) is 0 Å². The van der Waals surface area contributed by atoms with Gasteiger partial charge in [0.2, 0.25) is 5.91 Å². The van der Waals surface area contributed by atoms with Crippen LogP contribution in [-0.4, -0.2) is 55.5 Å². The number of nitrogens with zero attached hydrogens (tertiary/aromatic N) is 2. The van der Waals surface area contributed by atoms with Crippen LogP contribution >= 0.6 is 0 Å². The van der Waals surface area contributed by atoms with E-state index in [1.165, 1.54) is 0 Å². The van der Waals surface area contributed by atoms with Gasteiger partial charge < -0.3 is 15.5 Å². The Labute approximate surface area is 106 Å². The lowest BCUT2D eigenvalue weighted by Crippen LogP contribution is -2.49. The first kappa shape index (κ1) is 16.4. The molecule has 4 nitrogen and oxygen atoms in total. The Hall–Kier alpha value is -0.610. The molecule has 0 unspecified atom stereocenters. The van der Waals surface area contributed by atoms with Gasteiger partial charge in [0, 0.05) is 19.6 Å². The van der Waals surface area contributed by atoms with Crippen molar-refractivity contribution < 1.29 is 4.79 Å². The summed E-state index contributed by atoms with van der Waals surface area (Å²) in [6, 6.07) is -0.353. The first-order valence-corrected chi connectivity index (χ1v) is 6.63. The minimum atomic E-state index is -0.353. The van der Waals surface area contributed by atoms with Gasteiger partial charge in [-0.25, -0.2) is 0 Å². The summed E-state index contributed by atoms with van der Waals surface area (Å²) in [7, 11) is 4.03. The number of hydrogen-bond donors (Lipinski definition) is 1. The van der Waals surface area contributed by atoms with Gasteiger partial charge in [-0.1, -0.05) is 27.2 Å². The molecule has 4 heteroatoms. The van der Waals surface area contributed by atoms with Gasteiger partial charge in [-0.05, 0) is 26.4 Å². The smallest absolute Gasteiger partial charge is 0.239 e. The highest BCUT2D eigenvalue weighted by molar-refractivity contribution is 5.81. The van der Waals surface area contributed by atoms with Gasteiger partial charge in [-0.15, -0.1) is 0 Å². The SMILES string of the molecule is CCCN(CCN(C)C)C(=O)[C@@H](N)[C@@H](C)CC. The molecule has 0 saturated heterocycles. The van der Waals surface area contributed by atoms with Crippen LogP contribution in [0.15, 0.2) is 0 Å². The van der Waals surface area contributed by atoms with Gasteiger partial charge in [-0.2, -0.15) is 0 Å². The molecule has 17 heavy (non-hydrogen) atoms. The molecule has 0 rings (SSSR count). The third kappa shape index (κ3) is 6.03. The van der Waals surface area contributed by atoms with Crippen molar-refractivity contribution in [2.75, 3.05) is 33.7 Å². The van der Waals surface area contributed by atoms with E-state index in [1.54, 1.807) is 0 Å². The molecule has 0 bridgehead atoms. The Balaban J connectivity index is 4.41. The van der Waals surface area contributed by atoms with E-state index < -0.39 is 0 Å². The van der Waals surface area contributed by atoms with Crippen molar-refractivity contribution in [2.45, 2.75) is 39.7 Å². The van der Waals surface area contributed by atoms with Crippen LogP contribution in [-0.2, 0) is 4.79 Å². The molecule has 2 atom stereocenters. The zero-order valence-corrected chi connectivity index (χ0v) is 12.1. The summed E-state index contributed by atoms with van der Waals surface area (Å²) in [4.78, 5) is 16.2. The zero-order chi connectivity index (χ0) is 13.4. The van der Waals surface area contributed by atoms with Crippen LogP contribution in [0, 0.1) is 5.92 Å². The van der Waals surface area contributed by atoms with Crippen molar-refractivity contribution in [1.29, 1.82) is 0 Å². The minimum absolute atomic E-state index is 0.100. The molecule has 0 aromatic heterocycles. The van der Waals surface area contributed by atoms with Crippen LogP contribution in [0.5, 0.6) is 0 Å². The van der Waals surface area contributed by atoms with Crippen LogP contribution in [0.4, 0.5) is 0 Å². The normalized spacial score (nSPS) is 14.8. The quantitative estimate of drug-likeness (QED) is 0.696. The maximum Gasteiger partial charge on any atom is 0.239 e. The fourth-order valence-electron chi connectivity index (χ4n) is 1.63. The summed E-state index contributed by atoms with van der Waals surface area (Å²) in [5.74, 6) is 0.351. The van der Waals surface area contributed by atoms with E-state index in [-0.39, 0.29) is 17.9 Å². The van der Waals surface area contributed by atoms with Gasteiger partial charge in [0.25, 0.3) is 0 Å². The highest BCUT2D eigenvalue weighted by Gasteiger charge is 2.24. The molecule has 0 spiro atoms. The molecule has 2 N–H and O–H groups in total. The summed E-state index contributed by atoms with van der Waals surface area (Å²) in [6.07, 6.45) is 1.92. The van der Waals surface area contributed by atoms with Crippen molar-refractivity contribution in [2.24, 2.45) is 11.7 Å². The second-order valence-corrected chi connectivity index (χ2v) is 5.04. The third-order valence-electron chi connectivity index (χ3n) is 3.16. The van der Waals surface area contributed by atoms with E-state index in [0.29, 0.717) is 0 Å². The van der Waals surface area contributed by atoms with E-state index in [9.17, 15) is 4.79 Å². The second-order valence-electron chi connectivity index (χ2n) is 5.04. The summed E-state index contributed by atoms with van der Waals surface area (Å²) in [5.41, 5.74) is 6.00. The fraction of sp³-hybridized carbons (Fsp3) is 0.923. The number of rotatable bonds is 8. The maximum absolute atomic E-state index is 12.2. The molecular formula is C13H29N3O. The molecule has 0 aliphatic carbocycles. The third-order valence-corrected chi connectivity index (χ3v) is 3.16. The largest absolute Gasteiger partial charge is 0.340 e. The van der Waals surface area contributed by atoms with Crippen molar-refractivity contribution in [3.8, 4) is 0 Å². The van der Waals surface area contributed by atoms with Crippen LogP contribution in [0.2, 0.25) is 0 Å². The Morgan fingerprint density at radius 3 is 2.18 bits per heavy atom. The molecule has 0 aromatic carbocycles. The average molecular weight is 243 g/mol. The molecule has 0 fully saturated rings. The Bertz CT molecular complexity index is 219. The van der Waals surface area contributed by atoms with Crippen LogP contribution in [0.3, 0.4) is 0 Å². The first-order chi connectivity index (χ1) is 7.93. The highest BCUT2D eigenvalue weighted by atomic mass is 16.2. The van der Waals surface area contributed by atoms with Crippen LogP contribution in [0.25, 0.3) is 0 Å². The maximum atomic E-state index is 12.2. The molecular weight excluding hydrogens is 214 g/mol. The lowest BCUT2D eigenvalue weighted by Gasteiger charge is -2.28. The molecule has 0 heterocycles. The second kappa shape index (κ2) is 8.48. The van der Waals surface area contributed by atoms with Crippen molar-refractivity contribution in [3.63, 3.8) is 0 Å². The summed E-state index contributed by atoms with van der Waals surface area (Å²) < 4.78 is 0. The summed E-state index contributed by atoms with van der Waals surface area (Å²) >= 11 is 0. The van der Waals surface area contributed by atoms with Crippen molar-refractivity contribution >= 4 is 5.91 Å². The predicted octanol–water partition coefficient (Wildman–Crippen LogP) is 1.16. The number of amides is 1. The lowest BCUT2D eigenvalue weighted by molar-refractivity contribution is -0.134. The zero-order valence-electron chi connectivity index (χ0n) is 12.1. The summed E-state index contributed by atoms with van der Waals surface area (Å²) in [6.45, 7) is 8.66. The van der Waals surface area contributed by atoms with E-state index >= 15 is 0 Å². The Morgan fingerprint density at radius 1 is 1.18 bits per heavy atom. The minimum Gasteiger partial charge on any atom is -0.340 e. The van der Waals surface area contributed by atoms with Gasteiger partial charge in [0.1, 0.15) is 0 Å². The predicted molar refractivity (Wildman–Crippen MR) is 72.9 cm³/mol. The monoisotopic (exact) mass is 243 g/mol. The lowest BCUT2D eigenvalue weighted by atomic mass is 9.99. The van der Waals surface area contributed by atoms with Crippen LogP contribution in [0.1, 0.15) is 33.6 Å². The van der Waals surface area contributed by atoms with E-state index in [1.807, 2.05) is 25.9 Å². The van der Waals surface area contributed by atoms with Gasteiger partial charge in [0.15, 0.2) is 0 Å². The van der Waals surface area contributed by atoms with Gasteiger partial charge >= 0.3 is 0 Å². The topological polar surface area (TPSA) is 49.6 Å². The standard InChI is InChI=1S/C13H29N3O/c1-6-8-16(10-9-15(4)5)13(17)12(14)11(3)7-2/h11-12H,6-10,14H2,1-5H3/t11-,12-/m0/s1. The fourth-order valence-corrected chi connectivity index (χ4v) is 1.63. The highest BCUT2D eigenvalue weighted by Crippen LogP contribution is 2.09. The summed E-state index contributed by atoms with van der Waals surface area (Å²) in [5, 5.41) is 0. The van der Waals surface area contributed by atoms with E-state index in [4.69, 9.17) is 5.73 Å². The van der Waals surface area contributed by atoms with E-state index in [2.05, 4.69) is 18.7 Å². The number of likely N-dealkylation sites (N-methyl/N-ethyl adjacent to an activating group) is 1. The molecule has 0 aliphatic rings. The molecule has 0 saturated carbocycles. The number of carbonyl (C=O) groups excluding carboxylic acids is 1. The average Bonchev–Trinajstić information content (AvgIpc) is 2.31. The molecule has 0 aromatic rings. The van der Waals surface area contributed by atoms with Crippen LogP contribution < -0.4 is 5.73 Å². The number of hydrogen-bond acceptors (Lipinski definition) is 3. The van der Waals surface area contributed by atoms with Crippen molar-refractivity contribution in [1.82, 2.24) is 9.80 Å². The van der Waals surface area contributed by atoms with E-state index in [0.717, 1.165) is 32.5 Å². The molecule has 0 radical (unpaired) electrons. The number of nitrogens with two attached hydrogens (primary N) is 1. The Kier molecular flexibility index (Phi) is 8.17. The Morgan fingerprint density at radius 2 is 1.76 bits per heavy atom. The first-order valence-electron chi connectivity index (χ1n) is 6.63. The molecule has 102 valence electrons. The molecule has 1 amide bonds. The number of carbonyl (C=O) groups is 1. The van der Waals surface area contributed by atoms with Gasteiger partial charge in [-0.3, -0.25) is 4.79 Å². The van der Waals surface area contributed by atoms with Gasteiger partial charge in [0.05, 0.1) is 6.04 Å². The molecule has 0 aliphatic heterocycles.